The quantitative estimate of drug-likeness (QED) is 0.430. The molecule has 4 rings (SSSR count). The van der Waals surface area contributed by atoms with Crippen molar-refractivity contribution in [3.8, 4) is 0 Å². The number of fused-ring (bicyclic) bond motifs is 1. The number of nitrogen functional groups attached to an aromatic ring is 1. The van der Waals surface area contributed by atoms with Gasteiger partial charge >= 0.3 is 0 Å². The highest BCUT2D eigenvalue weighted by molar-refractivity contribution is 7.96. The van der Waals surface area contributed by atoms with Crippen LogP contribution >= 0.6 is 34.9 Å². The number of hydrogen-bond donors (Lipinski definition) is 3. The Morgan fingerprint density at radius 2 is 1.93 bits per heavy atom. The lowest BCUT2D eigenvalue weighted by atomic mass is 10.1. The molecule has 30 heavy (non-hydrogen) atoms. The largest absolute Gasteiger partial charge is 0.394 e. The van der Waals surface area contributed by atoms with E-state index < -0.39 is 0 Å². The first kappa shape index (κ1) is 21.1. The highest BCUT2D eigenvalue weighted by atomic mass is 35.5. The summed E-state index contributed by atoms with van der Waals surface area (Å²) in [5, 5.41) is 14.7. The van der Waals surface area contributed by atoms with Gasteiger partial charge in [0.25, 0.3) is 0 Å². The predicted octanol–water partition coefficient (Wildman–Crippen LogP) is 4.53. The Kier molecular flexibility index (Phi) is 6.84. The highest BCUT2D eigenvalue weighted by Gasteiger charge is 2.24. The van der Waals surface area contributed by atoms with E-state index in [2.05, 4.69) is 45.1 Å². The minimum atomic E-state index is -0.132. The van der Waals surface area contributed by atoms with Crippen LogP contribution in [0.4, 0.5) is 5.13 Å². The maximum Gasteiger partial charge on any atom is 0.180 e. The molecular formula is C22H23ClN4OS2. The number of nitrogens with two attached hydrogens (primary N) is 1. The molecule has 1 unspecified atom stereocenters. The van der Waals surface area contributed by atoms with Crippen LogP contribution in [-0.2, 0) is 18.7 Å². The topological polar surface area (TPSA) is 74.4 Å². The Balaban J connectivity index is 1.49. The van der Waals surface area contributed by atoms with Crippen molar-refractivity contribution in [2.24, 2.45) is 0 Å². The zero-order chi connectivity index (χ0) is 20.9. The van der Waals surface area contributed by atoms with Crippen LogP contribution in [0.15, 0.2) is 60.8 Å². The fourth-order valence-corrected chi connectivity index (χ4v) is 5.13. The molecule has 4 N–H and O–H groups in total. The number of halogens is 1. The molecule has 1 aliphatic heterocycles. The fourth-order valence-electron chi connectivity index (χ4n) is 3.29. The molecule has 8 heteroatoms. The Bertz CT molecular complexity index is 1010. The smallest absolute Gasteiger partial charge is 0.180 e. The second-order valence-electron chi connectivity index (χ2n) is 7.06. The van der Waals surface area contributed by atoms with Gasteiger partial charge < -0.3 is 20.5 Å². The van der Waals surface area contributed by atoms with Crippen molar-refractivity contribution < 1.29 is 5.11 Å². The summed E-state index contributed by atoms with van der Waals surface area (Å²) in [5.74, 6) is 0.869. The molecule has 3 aromatic rings. The number of thiazole rings is 1. The van der Waals surface area contributed by atoms with Crippen LogP contribution in [0.2, 0.25) is 5.02 Å². The number of rotatable bonds is 8. The van der Waals surface area contributed by atoms with Gasteiger partial charge in [-0.3, -0.25) is 0 Å². The van der Waals surface area contributed by atoms with Gasteiger partial charge in [0.1, 0.15) is 0 Å². The van der Waals surface area contributed by atoms with Gasteiger partial charge in [-0.25, -0.2) is 4.98 Å². The summed E-state index contributed by atoms with van der Waals surface area (Å²) >= 11 is 9.19. The normalized spacial score (nSPS) is 14.2. The van der Waals surface area contributed by atoms with Crippen LogP contribution in [0.25, 0.3) is 5.70 Å². The zero-order valence-corrected chi connectivity index (χ0v) is 18.7. The zero-order valence-electron chi connectivity index (χ0n) is 16.3. The number of benzene rings is 2. The lowest BCUT2D eigenvalue weighted by molar-refractivity contribution is 0.253. The molecule has 156 valence electrons. The molecule has 0 spiro atoms. The first-order valence-corrected chi connectivity index (χ1v) is 11.8. The molecule has 0 radical (unpaired) electrons. The molecule has 5 nitrogen and oxygen atoms in total. The lowest BCUT2D eigenvalue weighted by Crippen LogP contribution is -2.35. The number of aliphatic hydroxyl groups is 1. The first-order chi connectivity index (χ1) is 14.6. The Hall–Kier alpha value is -2.19. The molecule has 0 amide bonds. The van der Waals surface area contributed by atoms with Gasteiger partial charge in [-0.1, -0.05) is 65.4 Å². The van der Waals surface area contributed by atoms with E-state index in [0.29, 0.717) is 23.1 Å². The van der Waals surface area contributed by atoms with Crippen molar-refractivity contribution >= 4 is 45.7 Å². The van der Waals surface area contributed by atoms with Crippen molar-refractivity contribution in [3.05, 3.63) is 87.5 Å². The average molecular weight is 459 g/mol. The molecule has 1 aliphatic rings. The molecule has 0 fully saturated rings. The first-order valence-electron chi connectivity index (χ1n) is 9.63. The summed E-state index contributed by atoms with van der Waals surface area (Å²) in [7, 11) is 0. The third-order valence-corrected chi connectivity index (χ3v) is 6.99. The average Bonchev–Trinajstić information content (AvgIpc) is 3.14. The highest BCUT2D eigenvalue weighted by Crippen LogP contribution is 2.35. The number of anilines is 1. The maximum absolute atomic E-state index is 9.97. The SMILES string of the molecule is Nc1nc2c(s1)C(NC(CO)Cc1ccc(Cl)cc1)=CN(SCc1ccccc1)C2. The summed E-state index contributed by atoms with van der Waals surface area (Å²) in [4.78, 5) is 5.56. The van der Waals surface area contributed by atoms with Crippen molar-refractivity contribution in [1.82, 2.24) is 14.6 Å². The molecule has 0 aliphatic carbocycles. The Labute approximate surface area is 189 Å². The van der Waals surface area contributed by atoms with Gasteiger partial charge in [-0.2, -0.15) is 0 Å². The van der Waals surface area contributed by atoms with Crippen LogP contribution < -0.4 is 11.1 Å². The van der Waals surface area contributed by atoms with Crippen molar-refractivity contribution in [1.29, 1.82) is 0 Å². The van der Waals surface area contributed by atoms with E-state index in [1.807, 2.05) is 30.3 Å². The monoisotopic (exact) mass is 458 g/mol. The molecule has 1 atom stereocenters. The number of aromatic nitrogens is 1. The van der Waals surface area contributed by atoms with Gasteiger partial charge in [0.15, 0.2) is 5.13 Å². The third kappa shape index (κ3) is 5.29. The summed E-state index contributed by atoms with van der Waals surface area (Å²) < 4.78 is 2.17. The number of hydrogen-bond acceptors (Lipinski definition) is 7. The van der Waals surface area contributed by atoms with E-state index in [9.17, 15) is 5.11 Å². The van der Waals surface area contributed by atoms with Crippen LogP contribution in [-0.4, -0.2) is 27.0 Å². The summed E-state index contributed by atoms with van der Waals surface area (Å²) in [6.07, 6.45) is 2.78. The van der Waals surface area contributed by atoms with Crippen LogP contribution in [0.1, 0.15) is 21.7 Å². The molecule has 0 bridgehead atoms. The van der Waals surface area contributed by atoms with E-state index in [1.54, 1.807) is 11.9 Å². The van der Waals surface area contributed by atoms with Crippen LogP contribution in [0.5, 0.6) is 0 Å². The van der Waals surface area contributed by atoms with Gasteiger partial charge in [0, 0.05) is 17.0 Å². The summed E-state index contributed by atoms with van der Waals surface area (Å²) in [5.41, 5.74) is 10.3. The van der Waals surface area contributed by atoms with Crippen LogP contribution in [0.3, 0.4) is 0 Å². The number of nitrogens with one attached hydrogen (secondary N) is 1. The van der Waals surface area contributed by atoms with Gasteiger partial charge in [0.2, 0.25) is 0 Å². The Morgan fingerprint density at radius 3 is 2.67 bits per heavy atom. The fraction of sp³-hybridized carbons (Fsp3) is 0.227. The van der Waals surface area contributed by atoms with E-state index in [1.165, 1.54) is 16.9 Å². The van der Waals surface area contributed by atoms with Gasteiger partial charge in [-0.15, -0.1) is 0 Å². The van der Waals surface area contributed by atoms with Crippen molar-refractivity contribution in [2.75, 3.05) is 12.3 Å². The van der Waals surface area contributed by atoms with E-state index in [-0.39, 0.29) is 12.6 Å². The molecule has 1 aromatic heterocycles. The number of aliphatic hydroxyl groups excluding tert-OH is 1. The minimum absolute atomic E-state index is 0.0146. The third-order valence-electron chi connectivity index (χ3n) is 4.75. The van der Waals surface area contributed by atoms with E-state index in [4.69, 9.17) is 17.3 Å². The molecule has 2 aromatic carbocycles. The summed E-state index contributed by atoms with van der Waals surface area (Å²) in [6.45, 7) is 0.716. The molecule has 2 heterocycles. The second-order valence-corrected chi connectivity index (χ2v) is 9.54. The molecular weight excluding hydrogens is 436 g/mol. The van der Waals surface area contributed by atoms with Crippen molar-refractivity contribution in [2.45, 2.75) is 24.8 Å². The van der Waals surface area contributed by atoms with Gasteiger partial charge in [0.05, 0.1) is 35.5 Å². The summed E-state index contributed by atoms with van der Waals surface area (Å²) in [6, 6.07) is 18.0. The van der Waals surface area contributed by atoms with E-state index in [0.717, 1.165) is 27.6 Å². The van der Waals surface area contributed by atoms with E-state index >= 15 is 0 Å². The molecule has 0 saturated carbocycles. The minimum Gasteiger partial charge on any atom is -0.394 e. The predicted molar refractivity (Wildman–Crippen MR) is 127 cm³/mol. The van der Waals surface area contributed by atoms with Crippen molar-refractivity contribution in [3.63, 3.8) is 0 Å². The Morgan fingerprint density at radius 1 is 1.17 bits per heavy atom. The van der Waals surface area contributed by atoms with Crippen LogP contribution in [0, 0.1) is 0 Å². The standard InChI is InChI=1S/C22H23ClN4OS2/c23-17-8-6-15(7-9-17)10-18(13-28)25-19-11-27(12-20-21(19)30-22(24)26-20)29-14-16-4-2-1-3-5-16/h1-9,11,18,25,28H,10,12-14H2,(H2,24,26). The second kappa shape index (κ2) is 9.75. The number of nitrogens with zero attached hydrogens (tertiary/aromatic N) is 2. The maximum atomic E-state index is 9.97. The van der Waals surface area contributed by atoms with Gasteiger partial charge in [-0.05, 0) is 41.6 Å². The molecule has 0 saturated heterocycles. The lowest BCUT2D eigenvalue weighted by Gasteiger charge is -2.28.